The summed E-state index contributed by atoms with van der Waals surface area (Å²) < 4.78 is 16.7. The molecule has 404 valence electrons. The van der Waals surface area contributed by atoms with Gasteiger partial charge in [0.25, 0.3) is 0 Å². The molecule has 0 amide bonds. The fourth-order valence-corrected chi connectivity index (χ4v) is 7.34. The van der Waals surface area contributed by atoms with Crippen molar-refractivity contribution in [2.45, 2.75) is 239 Å². The van der Waals surface area contributed by atoms with E-state index >= 15 is 0 Å². The molecule has 0 radical (unpaired) electrons. The molecule has 0 fully saturated rings. The Morgan fingerprint density at radius 2 is 0.597 bits per heavy atom. The highest BCUT2D eigenvalue weighted by Crippen LogP contribution is 2.13. The molecule has 0 aromatic carbocycles. The molecule has 0 saturated carbocycles. The second-order valence-corrected chi connectivity index (χ2v) is 18.4. The van der Waals surface area contributed by atoms with Gasteiger partial charge in [-0.25, -0.2) is 0 Å². The van der Waals surface area contributed by atoms with E-state index in [0.717, 1.165) is 141 Å². The molecule has 0 bridgehead atoms. The third kappa shape index (κ3) is 56.2. The molecule has 0 aliphatic heterocycles. The number of unbranched alkanes of at least 4 members (excludes halogenated alkanes) is 16. The molecule has 0 heterocycles. The van der Waals surface area contributed by atoms with Crippen LogP contribution >= 0.6 is 0 Å². The van der Waals surface area contributed by atoms with Crippen LogP contribution in [0.4, 0.5) is 0 Å². The van der Waals surface area contributed by atoms with Crippen LogP contribution in [0.5, 0.6) is 0 Å². The second kappa shape index (κ2) is 58.9. The van der Waals surface area contributed by atoms with E-state index in [9.17, 15) is 14.4 Å². The molecule has 0 aromatic heterocycles. The quantitative estimate of drug-likeness (QED) is 0.0261. The fourth-order valence-electron chi connectivity index (χ4n) is 7.34. The minimum Gasteiger partial charge on any atom is -0.462 e. The van der Waals surface area contributed by atoms with Gasteiger partial charge in [-0.2, -0.15) is 0 Å². The normalized spacial score (nSPS) is 13.2. The van der Waals surface area contributed by atoms with Crippen molar-refractivity contribution in [2.75, 3.05) is 13.2 Å². The van der Waals surface area contributed by atoms with Crippen LogP contribution in [0.3, 0.4) is 0 Å². The lowest BCUT2D eigenvalue weighted by atomic mass is 10.1. The standard InChI is InChI=1S/C66H104O6/c1-4-7-10-13-16-19-22-25-28-30-32-33-34-36-38-41-44-47-50-53-56-59-65(68)71-62-63(61-70-64(67)58-55-52-49-46-43-40-37-27-24-21-18-15-12-9-6-3)72-66(69)60-57-54-51-48-45-42-39-35-31-29-26-23-20-17-14-11-8-5-2/h7,9-10,12,16,18-21,23,25,27-29,31-33,36-38,43,46,52,55,63H,4-6,8,11,13-15,17,22,24,26,30,34-35,39-42,44-45,47-51,53-54,56-62H2,1-3H3/b10-7-,12-9-,19-16-,21-18-,23-20-,28-25-,31-29-,33-32-,37-27-,38-36-,46-43-,55-52-. The van der Waals surface area contributed by atoms with E-state index in [-0.39, 0.29) is 38.0 Å². The minimum absolute atomic E-state index is 0.115. The zero-order chi connectivity index (χ0) is 52.2. The van der Waals surface area contributed by atoms with Crippen molar-refractivity contribution < 1.29 is 28.6 Å². The molecule has 0 aliphatic carbocycles. The van der Waals surface area contributed by atoms with E-state index < -0.39 is 12.1 Å². The number of carbonyl (C=O) groups excluding carboxylic acids is 3. The number of carbonyl (C=O) groups is 3. The molecular weight excluding hydrogens is 889 g/mol. The molecular formula is C66H104O6. The lowest BCUT2D eigenvalue weighted by Gasteiger charge is -2.18. The zero-order valence-corrected chi connectivity index (χ0v) is 46.1. The number of esters is 3. The number of ether oxygens (including phenoxy) is 3. The third-order valence-electron chi connectivity index (χ3n) is 11.6. The van der Waals surface area contributed by atoms with Gasteiger partial charge >= 0.3 is 17.9 Å². The van der Waals surface area contributed by atoms with Crippen LogP contribution < -0.4 is 0 Å². The van der Waals surface area contributed by atoms with Crippen molar-refractivity contribution in [3.63, 3.8) is 0 Å². The number of hydrogen-bond donors (Lipinski definition) is 0. The molecule has 72 heavy (non-hydrogen) atoms. The van der Waals surface area contributed by atoms with Crippen LogP contribution in [0.15, 0.2) is 146 Å². The molecule has 0 spiro atoms. The summed E-state index contributed by atoms with van der Waals surface area (Å²) in [5, 5.41) is 0. The molecule has 0 saturated heterocycles. The first kappa shape index (κ1) is 67.3. The topological polar surface area (TPSA) is 78.9 Å². The van der Waals surface area contributed by atoms with E-state index in [1.807, 2.05) is 6.08 Å². The van der Waals surface area contributed by atoms with Gasteiger partial charge in [0.05, 0.1) is 6.42 Å². The first-order valence-electron chi connectivity index (χ1n) is 28.8. The minimum atomic E-state index is -0.838. The Bertz CT molecular complexity index is 1610. The average molecular weight is 994 g/mol. The van der Waals surface area contributed by atoms with E-state index in [4.69, 9.17) is 14.2 Å². The predicted molar refractivity (Wildman–Crippen MR) is 311 cm³/mol. The van der Waals surface area contributed by atoms with Gasteiger partial charge in [0.15, 0.2) is 6.10 Å². The average Bonchev–Trinajstić information content (AvgIpc) is 3.38. The summed E-state index contributed by atoms with van der Waals surface area (Å²) in [7, 11) is 0. The first-order valence-corrected chi connectivity index (χ1v) is 28.8. The summed E-state index contributed by atoms with van der Waals surface area (Å²) in [6.45, 7) is 6.27. The maximum absolute atomic E-state index is 12.9. The van der Waals surface area contributed by atoms with Gasteiger partial charge in [0.2, 0.25) is 0 Å². The van der Waals surface area contributed by atoms with Crippen molar-refractivity contribution in [2.24, 2.45) is 0 Å². The Morgan fingerprint density at radius 1 is 0.306 bits per heavy atom. The highest BCUT2D eigenvalue weighted by Gasteiger charge is 2.19. The lowest BCUT2D eigenvalue weighted by Crippen LogP contribution is -2.30. The van der Waals surface area contributed by atoms with Crippen LogP contribution in [0.25, 0.3) is 0 Å². The van der Waals surface area contributed by atoms with Gasteiger partial charge in [0, 0.05) is 12.8 Å². The zero-order valence-electron chi connectivity index (χ0n) is 46.1. The Morgan fingerprint density at radius 3 is 0.972 bits per heavy atom. The summed E-state index contributed by atoms with van der Waals surface area (Å²) in [4.78, 5) is 38.1. The van der Waals surface area contributed by atoms with E-state index in [0.29, 0.717) is 6.42 Å². The first-order chi connectivity index (χ1) is 35.5. The van der Waals surface area contributed by atoms with Crippen molar-refractivity contribution in [3.05, 3.63) is 146 Å². The van der Waals surface area contributed by atoms with Crippen LogP contribution in [0, 0.1) is 0 Å². The SMILES string of the molecule is CC/C=C\C/C=C\C/C=C\C/C=C\C/C=C\CCCCCCCC(=O)OCC(COC(=O)C/C=C\C/C=C\C/C=C\C/C=C\C/C=C\CC)OC(=O)CCCCCCCCC/C=C\C/C=C\CCCCCC. The van der Waals surface area contributed by atoms with E-state index in [2.05, 4.69) is 154 Å². The fraction of sp³-hybridized carbons (Fsp3) is 0.591. The van der Waals surface area contributed by atoms with Crippen LogP contribution in [-0.4, -0.2) is 37.2 Å². The molecule has 0 aliphatic rings. The Kier molecular flexibility index (Phi) is 55.0. The molecule has 1 unspecified atom stereocenters. The highest BCUT2D eigenvalue weighted by atomic mass is 16.6. The Hall–Kier alpha value is -4.71. The summed E-state index contributed by atoms with van der Waals surface area (Å²) in [6.07, 6.45) is 84.3. The molecule has 6 nitrogen and oxygen atoms in total. The second-order valence-electron chi connectivity index (χ2n) is 18.4. The maximum Gasteiger partial charge on any atom is 0.309 e. The van der Waals surface area contributed by atoms with Crippen molar-refractivity contribution >= 4 is 17.9 Å². The summed E-state index contributed by atoms with van der Waals surface area (Å²) >= 11 is 0. The van der Waals surface area contributed by atoms with Gasteiger partial charge in [-0.1, -0.05) is 237 Å². The van der Waals surface area contributed by atoms with Crippen molar-refractivity contribution in [3.8, 4) is 0 Å². The molecule has 0 rings (SSSR count). The van der Waals surface area contributed by atoms with Gasteiger partial charge in [-0.3, -0.25) is 14.4 Å². The van der Waals surface area contributed by atoms with Crippen molar-refractivity contribution in [1.29, 1.82) is 0 Å². The van der Waals surface area contributed by atoms with E-state index in [1.54, 1.807) is 6.08 Å². The van der Waals surface area contributed by atoms with Gasteiger partial charge < -0.3 is 14.2 Å². The monoisotopic (exact) mass is 993 g/mol. The van der Waals surface area contributed by atoms with Gasteiger partial charge in [0.1, 0.15) is 13.2 Å². The van der Waals surface area contributed by atoms with Gasteiger partial charge in [-0.15, -0.1) is 0 Å². The predicted octanol–water partition coefficient (Wildman–Crippen LogP) is 19.6. The number of allylic oxidation sites excluding steroid dienone is 23. The van der Waals surface area contributed by atoms with Crippen LogP contribution in [0.2, 0.25) is 0 Å². The Balaban J connectivity index is 4.55. The summed E-state index contributed by atoms with van der Waals surface area (Å²) in [6, 6.07) is 0. The van der Waals surface area contributed by atoms with Gasteiger partial charge in [-0.05, 0) is 122 Å². The lowest BCUT2D eigenvalue weighted by molar-refractivity contribution is -0.166. The Labute approximate surface area is 442 Å². The van der Waals surface area contributed by atoms with E-state index in [1.165, 1.54) is 51.4 Å². The molecule has 6 heteroatoms. The summed E-state index contributed by atoms with van der Waals surface area (Å²) in [5.41, 5.74) is 0. The number of rotatable bonds is 50. The van der Waals surface area contributed by atoms with Crippen LogP contribution in [0.1, 0.15) is 233 Å². The smallest absolute Gasteiger partial charge is 0.309 e. The largest absolute Gasteiger partial charge is 0.462 e. The van der Waals surface area contributed by atoms with Crippen LogP contribution in [-0.2, 0) is 28.6 Å². The molecule has 1 atom stereocenters. The number of hydrogen-bond acceptors (Lipinski definition) is 6. The third-order valence-corrected chi connectivity index (χ3v) is 11.6. The molecule has 0 aromatic rings. The molecule has 0 N–H and O–H groups in total. The summed E-state index contributed by atoms with van der Waals surface area (Å²) in [5.74, 6) is -1.09. The van der Waals surface area contributed by atoms with Crippen molar-refractivity contribution in [1.82, 2.24) is 0 Å². The maximum atomic E-state index is 12.9. The highest BCUT2D eigenvalue weighted by molar-refractivity contribution is 5.72.